The first-order chi connectivity index (χ1) is 5.27. The molecule has 1 rings (SSSR count). The minimum atomic E-state index is 0. The molecule has 2 nitrogen and oxygen atoms in total. The van der Waals surface area contributed by atoms with Crippen molar-refractivity contribution < 1.29 is 26.5 Å². The van der Waals surface area contributed by atoms with Crippen LogP contribution in [-0.4, -0.2) is 37.3 Å². The van der Waals surface area contributed by atoms with Gasteiger partial charge in [0.15, 0.2) is 0 Å². The Morgan fingerprint density at radius 1 is 1.23 bits per heavy atom. The molecule has 0 aromatic heterocycles. The molecule has 0 saturated carbocycles. The molecule has 13 heavy (non-hydrogen) atoms. The summed E-state index contributed by atoms with van der Waals surface area (Å²) < 4.78 is 10.0. The number of halogens is 1. The zero-order valence-corrected chi connectivity index (χ0v) is 11.1. The number of hydrogen-bond acceptors (Lipinski definition) is 2. The summed E-state index contributed by atoms with van der Waals surface area (Å²) in [5.41, 5.74) is 1.06. The van der Waals surface area contributed by atoms with E-state index < -0.39 is 0 Å². The molecule has 1 aromatic carbocycles. The number of rotatable bonds is 2. The number of hydrogen-bond donors (Lipinski definition) is 0. The SMILES string of the molecule is COc1[c-]cc(OC)c(C)c1.[Br-].[Mg+2]. The second-order valence-electron chi connectivity index (χ2n) is 2.25. The van der Waals surface area contributed by atoms with Gasteiger partial charge in [-0.2, -0.15) is 0 Å². The smallest absolute Gasteiger partial charge is 1.00 e. The Hall–Kier alpha value is 0.0662. The van der Waals surface area contributed by atoms with E-state index in [0.717, 1.165) is 17.1 Å². The maximum absolute atomic E-state index is 5.06. The van der Waals surface area contributed by atoms with Crippen molar-refractivity contribution in [3.05, 3.63) is 23.8 Å². The number of benzene rings is 1. The summed E-state index contributed by atoms with van der Waals surface area (Å²) in [6.07, 6.45) is 0. The van der Waals surface area contributed by atoms with Crippen molar-refractivity contribution in [1.82, 2.24) is 0 Å². The fourth-order valence-electron chi connectivity index (χ4n) is 0.898. The molecule has 0 bridgehead atoms. The number of aryl methyl sites for hydroxylation is 1. The minimum absolute atomic E-state index is 0. The molecule has 0 spiro atoms. The maximum atomic E-state index is 5.06. The Morgan fingerprint density at radius 2 is 1.85 bits per heavy atom. The van der Waals surface area contributed by atoms with Crippen molar-refractivity contribution in [2.45, 2.75) is 6.92 Å². The molecule has 0 aliphatic heterocycles. The summed E-state index contributed by atoms with van der Waals surface area (Å²) in [5, 5.41) is 0. The average molecular weight is 255 g/mol. The fourth-order valence-corrected chi connectivity index (χ4v) is 0.898. The molecular formula is C9H11BrMgO2. The molecule has 0 fully saturated rings. The summed E-state index contributed by atoms with van der Waals surface area (Å²) >= 11 is 0. The van der Waals surface area contributed by atoms with Crippen LogP contribution in [-0.2, 0) is 0 Å². The predicted molar refractivity (Wildman–Crippen MR) is 48.9 cm³/mol. The van der Waals surface area contributed by atoms with Crippen molar-refractivity contribution >= 4 is 23.1 Å². The first-order valence-corrected chi connectivity index (χ1v) is 3.38. The van der Waals surface area contributed by atoms with E-state index in [2.05, 4.69) is 6.07 Å². The van der Waals surface area contributed by atoms with Crippen LogP contribution in [0.25, 0.3) is 0 Å². The van der Waals surface area contributed by atoms with Crippen LogP contribution >= 0.6 is 0 Å². The quantitative estimate of drug-likeness (QED) is 0.470. The van der Waals surface area contributed by atoms with Crippen LogP contribution in [0.15, 0.2) is 12.1 Å². The standard InChI is InChI=1S/C9H11O2.BrH.Mg/c1-7-6-8(10-2)4-5-9(7)11-3;;/h5-6H,1-3H3;1H;/q-1;;+2/p-1. The van der Waals surface area contributed by atoms with E-state index in [4.69, 9.17) is 9.47 Å². The Bertz CT molecular complexity index is 253. The van der Waals surface area contributed by atoms with Gasteiger partial charge in [0.2, 0.25) is 0 Å². The van der Waals surface area contributed by atoms with Gasteiger partial charge in [0.1, 0.15) is 0 Å². The van der Waals surface area contributed by atoms with Crippen molar-refractivity contribution in [2.24, 2.45) is 0 Å². The van der Waals surface area contributed by atoms with E-state index in [1.807, 2.05) is 13.0 Å². The average Bonchev–Trinajstić information content (AvgIpc) is 2.04. The molecule has 0 amide bonds. The molecule has 0 aliphatic rings. The van der Waals surface area contributed by atoms with Gasteiger partial charge in [-0.05, 0) is 0 Å². The minimum Gasteiger partial charge on any atom is -1.00 e. The second kappa shape index (κ2) is 7.47. The second-order valence-corrected chi connectivity index (χ2v) is 2.25. The van der Waals surface area contributed by atoms with Gasteiger partial charge in [-0.15, -0.1) is 23.8 Å². The van der Waals surface area contributed by atoms with Crippen molar-refractivity contribution in [3.8, 4) is 11.5 Å². The van der Waals surface area contributed by atoms with Crippen molar-refractivity contribution in [3.63, 3.8) is 0 Å². The molecule has 0 N–H and O–H groups in total. The van der Waals surface area contributed by atoms with Gasteiger partial charge in [0.05, 0.1) is 14.2 Å². The van der Waals surface area contributed by atoms with E-state index >= 15 is 0 Å². The molecule has 0 aliphatic carbocycles. The predicted octanol–water partition coefficient (Wildman–Crippen LogP) is -1.56. The van der Waals surface area contributed by atoms with Gasteiger partial charge >= 0.3 is 23.1 Å². The van der Waals surface area contributed by atoms with Crippen LogP contribution < -0.4 is 26.5 Å². The number of methoxy groups -OCH3 is 2. The van der Waals surface area contributed by atoms with Crippen LogP contribution in [0.4, 0.5) is 0 Å². The molecule has 0 unspecified atom stereocenters. The first-order valence-electron chi connectivity index (χ1n) is 3.38. The summed E-state index contributed by atoms with van der Waals surface area (Å²) in [7, 11) is 3.26. The van der Waals surface area contributed by atoms with E-state index in [9.17, 15) is 0 Å². The van der Waals surface area contributed by atoms with Gasteiger partial charge in [-0.25, -0.2) is 0 Å². The molecule has 4 heteroatoms. The van der Waals surface area contributed by atoms with Gasteiger partial charge in [0.25, 0.3) is 0 Å². The van der Waals surface area contributed by atoms with Crippen LogP contribution in [0.2, 0.25) is 0 Å². The van der Waals surface area contributed by atoms with Crippen LogP contribution in [0.1, 0.15) is 5.56 Å². The molecule has 1 aromatic rings. The molecule has 0 radical (unpaired) electrons. The van der Waals surface area contributed by atoms with Gasteiger partial charge < -0.3 is 26.5 Å². The van der Waals surface area contributed by atoms with Gasteiger partial charge in [0, 0.05) is 11.5 Å². The molecule has 68 valence electrons. The van der Waals surface area contributed by atoms with Crippen LogP contribution in [0, 0.1) is 13.0 Å². The summed E-state index contributed by atoms with van der Waals surface area (Å²) in [4.78, 5) is 0. The molecule has 0 atom stereocenters. The Balaban J connectivity index is 0. The normalized spacial score (nSPS) is 7.92. The Labute approximate surface area is 106 Å². The molecular weight excluding hydrogens is 244 g/mol. The Morgan fingerprint density at radius 3 is 2.23 bits per heavy atom. The van der Waals surface area contributed by atoms with Crippen molar-refractivity contribution in [2.75, 3.05) is 14.2 Å². The van der Waals surface area contributed by atoms with E-state index in [1.54, 1.807) is 20.3 Å². The van der Waals surface area contributed by atoms with Gasteiger partial charge in [-0.3, -0.25) is 0 Å². The van der Waals surface area contributed by atoms with Gasteiger partial charge in [-0.1, -0.05) is 6.92 Å². The Kier molecular flexibility index (Phi) is 8.92. The summed E-state index contributed by atoms with van der Waals surface area (Å²) in [6, 6.07) is 6.59. The maximum Gasteiger partial charge on any atom is 2.00 e. The third kappa shape index (κ3) is 4.20. The summed E-state index contributed by atoms with van der Waals surface area (Å²) in [6.45, 7) is 1.97. The van der Waals surface area contributed by atoms with E-state index in [-0.39, 0.29) is 40.0 Å². The van der Waals surface area contributed by atoms with E-state index in [0.29, 0.717) is 0 Å². The van der Waals surface area contributed by atoms with Crippen molar-refractivity contribution in [1.29, 1.82) is 0 Å². The largest absolute Gasteiger partial charge is 2.00 e. The third-order valence-corrected chi connectivity index (χ3v) is 1.52. The van der Waals surface area contributed by atoms with E-state index in [1.165, 1.54) is 0 Å². The third-order valence-electron chi connectivity index (χ3n) is 1.52. The zero-order valence-electron chi connectivity index (χ0n) is 8.06. The first kappa shape index (κ1) is 15.5. The monoisotopic (exact) mass is 254 g/mol. The van der Waals surface area contributed by atoms with Crippen LogP contribution in [0.5, 0.6) is 11.5 Å². The molecule has 0 heterocycles. The zero-order chi connectivity index (χ0) is 8.27. The molecule has 0 saturated heterocycles. The number of ether oxygens (including phenoxy) is 2. The topological polar surface area (TPSA) is 18.5 Å². The summed E-state index contributed by atoms with van der Waals surface area (Å²) in [5.74, 6) is 1.58. The fraction of sp³-hybridized carbons (Fsp3) is 0.333. The van der Waals surface area contributed by atoms with Crippen LogP contribution in [0.3, 0.4) is 0 Å².